The number of aliphatic hydroxyl groups is 1. The van der Waals surface area contributed by atoms with E-state index in [9.17, 15) is 23.1 Å². The van der Waals surface area contributed by atoms with Crippen LogP contribution in [0.5, 0.6) is 5.75 Å². The molecule has 2 aromatic carbocycles. The fourth-order valence-corrected chi connectivity index (χ4v) is 4.89. The molecule has 0 unspecified atom stereocenters. The predicted octanol–water partition coefficient (Wildman–Crippen LogP) is 7.79. The molecule has 1 aliphatic heterocycles. The van der Waals surface area contributed by atoms with Crippen molar-refractivity contribution in [3.63, 3.8) is 0 Å². The van der Waals surface area contributed by atoms with Gasteiger partial charge in [0.25, 0.3) is 6.43 Å². The zero-order chi connectivity index (χ0) is 31.9. The van der Waals surface area contributed by atoms with Gasteiger partial charge in [0.1, 0.15) is 17.3 Å². The van der Waals surface area contributed by atoms with Crippen molar-refractivity contribution >= 4 is 11.7 Å². The first kappa shape index (κ1) is 33.9. The maximum atomic E-state index is 14.3. The van der Waals surface area contributed by atoms with Crippen molar-refractivity contribution < 1.29 is 32.9 Å². The number of pyridine rings is 1. The van der Waals surface area contributed by atoms with E-state index in [0.717, 1.165) is 18.4 Å². The molecule has 0 radical (unpaired) electrons. The molecule has 0 aliphatic carbocycles. The number of aromatic nitrogens is 1. The summed E-state index contributed by atoms with van der Waals surface area (Å²) in [6, 6.07) is 13.1. The zero-order valence-electron chi connectivity index (χ0n) is 25.9. The summed E-state index contributed by atoms with van der Waals surface area (Å²) in [6.07, 6.45) is -0.798. The van der Waals surface area contributed by atoms with E-state index in [1.54, 1.807) is 64.1 Å². The summed E-state index contributed by atoms with van der Waals surface area (Å²) in [5.74, 6) is -0.756. The summed E-state index contributed by atoms with van der Waals surface area (Å²) in [7, 11) is 0. The number of carboxylic acids is 1. The Labute approximate surface area is 252 Å². The lowest BCUT2D eigenvalue weighted by atomic mass is 9.82. The Morgan fingerprint density at radius 3 is 2.12 bits per heavy atom. The Hall–Kier alpha value is -3.59. The second-order valence-electron chi connectivity index (χ2n) is 12.7. The summed E-state index contributed by atoms with van der Waals surface area (Å²) < 4.78 is 47.6. The molecule has 43 heavy (non-hydrogen) atoms. The summed E-state index contributed by atoms with van der Waals surface area (Å²) in [5, 5.41) is 18.1. The van der Waals surface area contributed by atoms with Crippen molar-refractivity contribution in [2.45, 2.75) is 79.3 Å². The fourth-order valence-electron chi connectivity index (χ4n) is 4.89. The van der Waals surface area contributed by atoms with Crippen LogP contribution in [0.25, 0.3) is 11.1 Å². The quantitative estimate of drug-likeness (QED) is 0.261. The van der Waals surface area contributed by atoms with Gasteiger partial charge < -0.3 is 19.8 Å². The van der Waals surface area contributed by atoms with Gasteiger partial charge in [-0.2, -0.15) is 0 Å². The van der Waals surface area contributed by atoms with Gasteiger partial charge in [0.15, 0.2) is 0 Å². The molecule has 0 saturated carbocycles. The zero-order valence-corrected chi connectivity index (χ0v) is 25.9. The molecule has 2 N–H and O–H groups in total. The van der Waals surface area contributed by atoms with Crippen LogP contribution in [-0.4, -0.2) is 46.5 Å². The second kappa shape index (κ2) is 14.3. The van der Waals surface area contributed by atoms with E-state index in [1.165, 1.54) is 12.1 Å². The molecule has 0 atom stereocenters. The number of ether oxygens (including phenoxy) is 1. The molecule has 3 aromatic rings. The first-order valence-corrected chi connectivity index (χ1v) is 14.5. The lowest BCUT2D eigenvalue weighted by Crippen LogP contribution is -2.38. The topological polar surface area (TPSA) is 82.9 Å². The van der Waals surface area contributed by atoms with Gasteiger partial charge in [-0.1, -0.05) is 38.1 Å². The standard InChI is InChI=1S/C30H33F3N2O3.C4H10O/c1-19-24(18-25(36)37)28(35-15-13-30(2,3)14-16-35)26(27(34-19)29(32)33)21-6-10-23(11-7-21)38-17-12-20-4-8-22(31)9-5-20;1-4(2,3)5/h4-11,29H,12-18H2,1-3H3,(H,36,37);5H,1-3H3. The minimum absolute atomic E-state index is 0.129. The molecule has 0 spiro atoms. The number of piperidine rings is 1. The molecule has 6 nitrogen and oxygen atoms in total. The highest BCUT2D eigenvalue weighted by atomic mass is 19.3. The minimum atomic E-state index is -2.82. The fraction of sp³-hybridized carbons (Fsp3) is 0.471. The number of hydrogen-bond donors (Lipinski definition) is 2. The Balaban J connectivity index is 0.000000934. The van der Waals surface area contributed by atoms with Crippen LogP contribution < -0.4 is 9.64 Å². The van der Waals surface area contributed by atoms with Crippen LogP contribution in [0.2, 0.25) is 0 Å². The van der Waals surface area contributed by atoms with Crippen LogP contribution in [0.1, 0.15) is 76.4 Å². The Morgan fingerprint density at radius 1 is 1.05 bits per heavy atom. The van der Waals surface area contributed by atoms with Crippen LogP contribution in [0, 0.1) is 18.2 Å². The Morgan fingerprint density at radius 2 is 1.60 bits per heavy atom. The maximum absolute atomic E-state index is 14.3. The van der Waals surface area contributed by atoms with E-state index in [0.29, 0.717) is 54.4 Å². The molecule has 234 valence electrons. The van der Waals surface area contributed by atoms with Crippen LogP contribution in [0.3, 0.4) is 0 Å². The van der Waals surface area contributed by atoms with Crippen molar-refractivity contribution in [1.29, 1.82) is 0 Å². The number of carboxylic acid groups (broad SMARTS) is 1. The van der Waals surface area contributed by atoms with E-state index in [2.05, 4.69) is 18.8 Å². The van der Waals surface area contributed by atoms with Crippen LogP contribution in [0.4, 0.5) is 18.9 Å². The third-order valence-corrected chi connectivity index (χ3v) is 7.19. The van der Waals surface area contributed by atoms with Crippen LogP contribution >= 0.6 is 0 Å². The number of benzene rings is 2. The smallest absolute Gasteiger partial charge is 0.307 e. The normalized spacial score (nSPS) is 14.7. The number of aliphatic carboxylic acids is 1. The third-order valence-electron chi connectivity index (χ3n) is 7.19. The lowest BCUT2D eigenvalue weighted by molar-refractivity contribution is -0.136. The van der Waals surface area contributed by atoms with Gasteiger partial charge >= 0.3 is 5.97 Å². The molecule has 1 aromatic heterocycles. The second-order valence-corrected chi connectivity index (χ2v) is 12.7. The van der Waals surface area contributed by atoms with Crippen molar-refractivity contribution in [1.82, 2.24) is 4.98 Å². The first-order valence-electron chi connectivity index (χ1n) is 14.5. The molecule has 4 rings (SSSR count). The largest absolute Gasteiger partial charge is 0.493 e. The first-order chi connectivity index (χ1) is 20.0. The van der Waals surface area contributed by atoms with Crippen molar-refractivity contribution in [2.75, 3.05) is 24.6 Å². The summed E-state index contributed by atoms with van der Waals surface area (Å²) >= 11 is 0. The number of rotatable bonds is 9. The number of halogens is 3. The monoisotopic (exact) mass is 600 g/mol. The molecule has 1 saturated heterocycles. The molecule has 1 aliphatic rings. The molecule has 0 amide bonds. The van der Waals surface area contributed by atoms with Gasteiger partial charge in [0.2, 0.25) is 0 Å². The maximum Gasteiger partial charge on any atom is 0.307 e. The van der Waals surface area contributed by atoms with Gasteiger partial charge in [-0.15, -0.1) is 0 Å². The van der Waals surface area contributed by atoms with Gasteiger partial charge in [0, 0.05) is 36.3 Å². The highest BCUT2D eigenvalue weighted by Crippen LogP contribution is 2.44. The van der Waals surface area contributed by atoms with E-state index in [4.69, 9.17) is 9.84 Å². The molecular formula is C34H43F3N2O4. The van der Waals surface area contributed by atoms with Gasteiger partial charge in [0.05, 0.1) is 24.3 Å². The van der Waals surface area contributed by atoms with E-state index in [-0.39, 0.29) is 28.9 Å². The average molecular weight is 601 g/mol. The molecular weight excluding hydrogens is 557 g/mol. The molecule has 2 heterocycles. The highest BCUT2D eigenvalue weighted by molar-refractivity contribution is 5.86. The van der Waals surface area contributed by atoms with Gasteiger partial charge in [-0.05, 0) is 81.3 Å². The number of anilines is 1. The van der Waals surface area contributed by atoms with Crippen molar-refractivity contribution in [2.24, 2.45) is 5.41 Å². The Kier molecular flexibility index (Phi) is 11.2. The highest BCUT2D eigenvalue weighted by Gasteiger charge is 2.32. The molecule has 1 fully saturated rings. The average Bonchev–Trinajstić information content (AvgIpc) is 2.90. The summed E-state index contributed by atoms with van der Waals surface area (Å²) in [6.45, 7) is 12.8. The predicted molar refractivity (Wildman–Crippen MR) is 164 cm³/mol. The van der Waals surface area contributed by atoms with E-state index in [1.807, 2.05) is 4.90 Å². The van der Waals surface area contributed by atoms with Crippen LogP contribution in [-0.2, 0) is 17.6 Å². The number of aryl methyl sites for hydroxylation is 1. The number of alkyl halides is 2. The summed E-state index contributed by atoms with van der Waals surface area (Å²) in [5.41, 5.74) is 2.35. The number of carbonyl (C=O) groups is 1. The van der Waals surface area contributed by atoms with E-state index < -0.39 is 18.0 Å². The van der Waals surface area contributed by atoms with Gasteiger partial charge in [-0.25, -0.2) is 13.2 Å². The lowest BCUT2D eigenvalue weighted by Gasteiger charge is -2.40. The molecule has 9 heteroatoms. The van der Waals surface area contributed by atoms with Crippen molar-refractivity contribution in [3.05, 3.63) is 76.9 Å². The van der Waals surface area contributed by atoms with Crippen molar-refractivity contribution in [3.8, 4) is 16.9 Å². The summed E-state index contributed by atoms with van der Waals surface area (Å²) in [4.78, 5) is 18.0. The number of hydrogen-bond acceptors (Lipinski definition) is 5. The van der Waals surface area contributed by atoms with E-state index >= 15 is 0 Å². The minimum Gasteiger partial charge on any atom is -0.493 e. The molecule has 0 bridgehead atoms. The SMILES string of the molecule is CC(C)(C)O.Cc1nc(C(F)F)c(-c2ccc(OCCc3ccc(F)cc3)cc2)c(N2CCC(C)(C)CC2)c1CC(=O)O. The van der Waals surface area contributed by atoms with Crippen LogP contribution in [0.15, 0.2) is 48.5 Å². The Bertz CT molecular complexity index is 1350. The number of nitrogens with zero attached hydrogens (tertiary/aromatic N) is 2. The van der Waals surface area contributed by atoms with Gasteiger partial charge in [-0.3, -0.25) is 9.78 Å². The third kappa shape index (κ3) is 10.3.